The van der Waals surface area contributed by atoms with E-state index in [1.807, 2.05) is 0 Å². The van der Waals surface area contributed by atoms with Gasteiger partial charge in [0.15, 0.2) is 0 Å². The van der Waals surface area contributed by atoms with Crippen LogP contribution in [0.3, 0.4) is 0 Å². The minimum Gasteiger partial charge on any atom is -0.302 e. The summed E-state index contributed by atoms with van der Waals surface area (Å²) < 4.78 is 0. The molecule has 1 aliphatic rings. The van der Waals surface area contributed by atoms with Gasteiger partial charge in [-0.25, -0.2) is 0 Å². The first-order chi connectivity index (χ1) is 3.83. The molecule has 0 bridgehead atoms. The Morgan fingerprint density at radius 3 is 2.75 bits per heavy atom. The van der Waals surface area contributed by atoms with E-state index in [4.69, 9.17) is 0 Å². The molecule has 0 aromatic rings. The van der Waals surface area contributed by atoms with Crippen LogP contribution in [-0.4, -0.2) is 24.7 Å². The Morgan fingerprint density at radius 1 is 1.75 bits per heavy atom. The number of nitrogens with one attached hydrogen (secondary N) is 1. The van der Waals surface area contributed by atoms with Crippen molar-refractivity contribution >= 4 is 12.1 Å². The van der Waals surface area contributed by atoms with Crippen LogP contribution in [0.1, 0.15) is 6.42 Å². The molecule has 0 amide bonds. The van der Waals surface area contributed by atoms with Crippen molar-refractivity contribution in [2.45, 2.75) is 12.5 Å². The number of ketones is 1. The molecule has 8 heavy (non-hydrogen) atoms. The van der Waals surface area contributed by atoms with Crippen molar-refractivity contribution in [2.24, 2.45) is 0 Å². The Kier molecular flexibility index (Phi) is 1.39. The SMILES string of the molecule is O=CC1CC(=O)CN1. The number of hydrogen-bond donors (Lipinski definition) is 1. The molecule has 1 saturated heterocycles. The Labute approximate surface area is 47.1 Å². The molecule has 1 fully saturated rings. The minimum absolute atomic E-state index is 0.127. The van der Waals surface area contributed by atoms with Crippen molar-refractivity contribution in [3.05, 3.63) is 0 Å². The van der Waals surface area contributed by atoms with Gasteiger partial charge in [-0.1, -0.05) is 0 Å². The summed E-state index contributed by atoms with van der Waals surface area (Å²) in [6, 6.07) is -0.206. The molecule has 44 valence electrons. The maximum absolute atomic E-state index is 10.4. The lowest BCUT2D eigenvalue weighted by atomic mass is 10.2. The van der Waals surface area contributed by atoms with Crippen LogP contribution in [0.15, 0.2) is 0 Å². The largest absolute Gasteiger partial charge is 0.302 e. The average Bonchev–Trinajstić information content (AvgIpc) is 2.14. The van der Waals surface area contributed by atoms with Crippen LogP contribution in [-0.2, 0) is 9.59 Å². The number of Topliss-reactive ketones (excluding diaryl/α,β-unsaturated/α-hetero) is 1. The zero-order valence-corrected chi connectivity index (χ0v) is 4.39. The van der Waals surface area contributed by atoms with E-state index >= 15 is 0 Å². The summed E-state index contributed by atoms with van der Waals surface area (Å²) >= 11 is 0. The molecule has 1 heterocycles. The Morgan fingerprint density at radius 2 is 2.50 bits per heavy atom. The highest BCUT2D eigenvalue weighted by atomic mass is 16.1. The first-order valence-corrected chi connectivity index (χ1v) is 2.53. The molecule has 1 aliphatic heterocycles. The predicted molar refractivity (Wildman–Crippen MR) is 27.5 cm³/mol. The molecule has 0 aromatic carbocycles. The summed E-state index contributed by atoms with van der Waals surface area (Å²) in [5, 5.41) is 2.74. The van der Waals surface area contributed by atoms with Crippen LogP contribution in [0.4, 0.5) is 0 Å². The Bertz CT molecular complexity index is 122. The van der Waals surface area contributed by atoms with Gasteiger partial charge in [0.2, 0.25) is 0 Å². The Balaban J connectivity index is 2.43. The molecular formula is C5H7NO2. The van der Waals surface area contributed by atoms with Crippen LogP contribution >= 0.6 is 0 Å². The van der Waals surface area contributed by atoms with Crippen LogP contribution in [0.25, 0.3) is 0 Å². The van der Waals surface area contributed by atoms with E-state index in [1.54, 1.807) is 0 Å². The monoisotopic (exact) mass is 113 g/mol. The maximum atomic E-state index is 10.4. The second-order valence-electron chi connectivity index (χ2n) is 1.87. The minimum atomic E-state index is -0.206. The van der Waals surface area contributed by atoms with Gasteiger partial charge >= 0.3 is 0 Å². The third-order valence-corrected chi connectivity index (χ3v) is 1.17. The van der Waals surface area contributed by atoms with Crippen molar-refractivity contribution < 1.29 is 9.59 Å². The lowest BCUT2D eigenvalue weighted by molar-refractivity contribution is -0.117. The van der Waals surface area contributed by atoms with Crippen molar-refractivity contribution in [3.63, 3.8) is 0 Å². The molecular weight excluding hydrogens is 106 g/mol. The van der Waals surface area contributed by atoms with Gasteiger partial charge in [0.25, 0.3) is 0 Å². The van der Waals surface area contributed by atoms with Crippen molar-refractivity contribution in [3.8, 4) is 0 Å². The van der Waals surface area contributed by atoms with E-state index < -0.39 is 0 Å². The van der Waals surface area contributed by atoms with E-state index in [2.05, 4.69) is 5.32 Å². The molecule has 0 saturated carbocycles. The average molecular weight is 113 g/mol. The smallest absolute Gasteiger partial charge is 0.148 e. The number of rotatable bonds is 1. The Hall–Kier alpha value is -0.700. The van der Waals surface area contributed by atoms with E-state index in [1.165, 1.54) is 0 Å². The molecule has 1 unspecified atom stereocenters. The summed E-state index contributed by atoms with van der Waals surface area (Å²) in [6.45, 7) is 0.364. The van der Waals surface area contributed by atoms with E-state index in [0.717, 1.165) is 6.29 Å². The molecule has 1 N–H and O–H groups in total. The normalized spacial score (nSPS) is 28.5. The fourth-order valence-corrected chi connectivity index (χ4v) is 0.731. The second kappa shape index (κ2) is 2.05. The quantitative estimate of drug-likeness (QED) is 0.449. The highest BCUT2D eigenvalue weighted by molar-refractivity contribution is 5.87. The van der Waals surface area contributed by atoms with Crippen LogP contribution in [0, 0.1) is 0 Å². The van der Waals surface area contributed by atoms with Gasteiger partial charge in [-0.2, -0.15) is 0 Å². The second-order valence-corrected chi connectivity index (χ2v) is 1.87. The van der Waals surface area contributed by atoms with Gasteiger partial charge in [0.1, 0.15) is 12.1 Å². The highest BCUT2D eigenvalue weighted by Crippen LogP contribution is 1.96. The summed E-state index contributed by atoms with van der Waals surface area (Å²) in [5.74, 6) is 0.127. The summed E-state index contributed by atoms with van der Waals surface area (Å²) in [7, 11) is 0. The first-order valence-electron chi connectivity index (χ1n) is 2.53. The molecule has 0 spiro atoms. The highest BCUT2D eigenvalue weighted by Gasteiger charge is 2.19. The fraction of sp³-hybridized carbons (Fsp3) is 0.600. The maximum Gasteiger partial charge on any atom is 0.148 e. The van der Waals surface area contributed by atoms with Gasteiger partial charge in [0.05, 0.1) is 12.6 Å². The molecule has 1 rings (SSSR count). The number of aldehydes is 1. The first kappa shape index (κ1) is 5.44. The van der Waals surface area contributed by atoms with E-state index in [-0.39, 0.29) is 11.8 Å². The zero-order chi connectivity index (χ0) is 5.98. The van der Waals surface area contributed by atoms with Gasteiger partial charge in [-0.3, -0.25) is 4.79 Å². The standard InChI is InChI=1S/C5H7NO2/c7-3-4-1-5(8)2-6-4/h3-4,6H,1-2H2. The van der Waals surface area contributed by atoms with Crippen molar-refractivity contribution in [2.75, 3.05) is 6.54 Å². The topological polar surface area (TPSA) is 46.2 Å². The van der Waals surface area contributed by atoms with Gasteiger partial charge in [-0.15, -0.1) is 0 Å². The van der Waals surface area contributed by atoms with Gasteiger partial charge in [-0.05, 0) is 0 Å². The molecule has 3 nitrogen and oxygen atoms in total. The molecule has 3 heteroatoms. The molecule has 0 aliphatic carbocycles. The number of hydrogen-bond acceptors (Lipinski definition) is 3. The molecule has 0 radical (unpaired) electrons. The molecule has 0 aromatic heterocycles. The van der Waals surface area contributed by atoms with E-state index in [0.29, 0.717) is 13.0 Å². The van der Waals surface area contributed by atoms with Crippen LogP contribution in [0.2, 0.25) is 0 Å². The molecule has 1 atom stereocenters. The lowest BCUT2D eigenvalue weighted by Crippen LogP contribution is -2.22. The van der Waals surface area contributed by atoms with Crippen molar-refractivity contribution in [1.29, 1.82) is 0 Å². The van der Waals surface area contributed by atoms with E-state index in [9.17, 15) is 9.59 Å². The number of carbonyl (C=O) groups excluding carboxylic acids is 2. The lowest BCUT2D eigenvalue weighted by Gasteiger charge is -1.92. The summed E-state index contributed by atoms with van der Waals surface area (Å²) in [6.07, 6.45) is 1.15. The third kappa shape index (κ3) is 0.924. The van der Waals surface area contributed by atoms with Crippen LogP contribution < -0.4 is 5.32 Å². The van der Waals surface area contributed by atoms with Gasteiger partial charge < -0.3 is 10.1 Å². The van der Waals surface area contributed by atoms with Crippen LogP contribution in [0.5, 0.6) is 0 Å². The van der Waals surface area contributed by atoms with Crippen molar-refractivity contribution in [1.82, 2.24) is 5.32 Å². The van der Waals surface area contributed by atoms with Gasteiger partial charge in [0, 0.05) is 6.42 Å². The predicted octanol–water partition coefficient (Wildman–Crippen LogP) is -0.884. The number of carbonyl (C=O) groups is 2. The summed E-state index contributed by atoms with van der Waals surface area (Å²) in [5.41, 5.74) is 0. The summed E-state index contributed by atoms with van der Waals surface area (Å²) in [4.78, 5) is 20.3. The third-order valence-electron chi connectivity index (χ3n) is 1.17. The fourth-order valence-electron chi connectivity index (χ4n) is 0.731. The zero-order valence-electron chi connectivity index (χ0n) is 4.39.